The predicted octanol–water partition coefficient (Wildman–Crippen LogP) is 5.09. The Hall–Kier alpha value is -3.45. The average Bonchev–Trinajstić information content (AvgIpc) is 3.45. The molecular weight excluding hydrogens is 400 g/mol. The minimum Gasteiger partial charge on any atom is -0.467 e. The minimum atomic E-state index is -0.445. The molecule has 0 atom stereocenters. The van der Waals surface area contributed by atoms with Crippen molar-refractivity contribution in [3.63, 3.8) is 0 Å². The van der Waals surface area contributed by atoms with Crippen LogP contribution in [0.2, 0.25) is 0 Å². The molecule has 2 aromatic carbocycles. The molecule has 2 aromatic heterocycles. The summed E-state index contributed by atoms with van der Waals surface area (Å²) in [6, 6.07) is 16.1. The molecule has 4 aromatic rings. The van der Waals surface area contributed by atoms with Crippen LogP contribution in [0.25, 0.3) is 10.2 Å². The first-order valence-corrected chi connectivity index (χ1v) is 10.3. The van der Waals surface area contributed by atoms with Crippen LogP contribution >= 0.6 is 11.3 Å². The van der Waals surface area contributed by atoms with Crippen LogP contribution in [0.15, 0.2) is 65.3 Å². The van der Waals surface area contributed by atoms with Gasteiger partial charge < -0.3 is 9.15 Å². The number of amides is 1. The highest BCUT2D eigenvalue weighted by molar-refractivity contribution is 7.22. The smallest absolute Gasteiger partial charge is 0.337 e. The molecule has 30 heavy (non-hydrogen) atoms. The Kier molecular flexibility index (Phi) is 5.63. The quantitative estimate of drug-likeness (QED) is 0.407. The number of anilines is 1. The summed E-state index contributed by atoms with van der Waals surface area (Å²) in [7, 11) is 1.32. The number of benzene rings is 2. The van der Waals surface area contributed by atoms with Gasteiger partial charge in [0, 0.05) is 5.56 Å². The molecule has 0 fully saturated rings. The Labute approximate surface area is 177 Å². The van der Waals surface area contributed by atoms with Gasteiger partial charge in [-0.05, 0) is 54.4 Å². The molecule has 0 spiro atoms. The number of ether oxygens (including phenoxy) is 1. The Balaban J connectivity index is 1.73. The molecule has 7 heteroatoms. The zero-order valence-electron chi connectivity index (χ0n) is 16.6. The Morgan fingerprint density at radius 3 is 2.50 bits per heavy atom. The molecule has 0 saturated heterocycles. The van der Waals surface area contributed by atoms with Crippen molar-refractivity contribution < 1.29 is 18.7 Å². The van der Waals surface area contributed by atoms with Crippen LogP contribution in [0.1, 0.15) is 39.0 Å². The van der Waals surface area contributed by atoms with E-state index >= 15 is 0 Å². The van der Waals surface area contributed by atoms with Crippen LogP contribution in [-0.2, 0) is 17.7 Å². The van der Waals surface area contributed by atoms with E-state index in [0.29, 0.717) is 22.0 Å². The van der Waals surface area contributed by atoms with Gasteiger partial charge in [0.25, 0.3) is 5.91 Å². The first-order valence-electron chi connectivity index (χ1n) is 9.51. The third kappa shape index (κ3) is 3.84. The summed E-state index contributed by atoms with van der Waals surface area (Å²) in [5.74, 6) is -0.0101. The molecule has 1 amide bonds. The normalized spacial score (nSPS) is 10.9. The van der Waals surface area contributed by atoms with Crippen molar-refractivity contribution >= 4 is 38.6 Å². The molecule has 0 aliphatic carbocycles. The van der Waals surface area contributed by atoms with E-state index in [2.05, 4.69) is 13.0 Å². The van der Waals surface area contributed by atoms with Gasteiger partial charge in [-0.25, -0.2) is 9.78 Å². The lowest BCUT2D eigenvalue weighted by Gasteiger charge is -2.19. The fourth-order valence-corrected chi connectivity index (χ4v) is 4.21. The van der Waals surface area contributed by atoms with Gasteiger partial charge in [0.15, 0.2) is 5.13 Å². The topological polar surface area (TPSA) is 72.6 Å². The highest BCUT2D eigenvalue weighted by Crippen LogP contribution is 2.32. The lowest BCUT2D eigenvalue weighted by Crippen LogP contribution is -2.30. The summed E-state index contributed by atoms with van der Waals surface area (Å²) >= 11 is 1.47. The third-order valence-electron chi connectivity index (χ3n) is 4.80. The number of hydrogen-bond acceptors (Lipinski definition) is 6. The van der Waals surface area contributed by atoms with E-state index < -0.39 is 5.97 Å². The Morgan fingerprint density at radius 2 is 1.83 bits per heavy atom. The number of hydrogen-bond donors (Lipinski definition) is 0. The summed E-state index contributed by atoms with van der Waals surface area (Å²) in [6.07, 6.45) is 2.44. The van der Waals surface area contributed by atoms with E-state index in [0.717, 1.165) is 22.2 Å². The number of thiazole rings is 1. The Bertz CT molecular complexity index is 1180. The maximum absolute atomic E-state index is 13.4. The molecule has 2 heterocycles. The van der Waals surface area contributed by atoms with Gasteiger partial charge in [-0.2, -0.15) is 0 Å². The van der Waals surface area contributed by atoms with Gasteiger partial charge in [0.2, 0.25) is 0 Å². The van der Waals surface area contributed by atoms with E-state index in [-0.39, 0.29) is 12.5 Å². The number of para-hydroxylation sites is 1. The van der Waals surface area contributed by atoms with Gasteiger partial charge >= 0.3 is 5.97 Å². The molecule has 4 rings (SSSR count). The average molecular weight is 420 g/mol. The number of methoxy groups -OCH3 is 1. The van der Waals surface area contributed by atoms with E-state index in [1.54, 1.807) is 41.5 Å². The summed E-state index contributed by atoms with van der Waals surface area (Å²) < 4.78 is 11.2. The fraction of sp³-hybridized carbons (Fsp3) is 0.174. The van der Waals surface area contributed by atoms with Gasteiger partial charge in [-0.1, -0.05) is 30.4 Å². The zero-order chi connectivity index (χ0) is 21.1. The number of carbonyl (C=O) groups excluding carboxylic acids is 2. The predicted molar refractivity (Wildman–Crippen MR) is 116 cm³/mol. The van der Waals surface area contributed by atoms with Gasteiger partial charge in [0.1, 0.15) is 5.76 Å². The molecule has 0 saturated carbocycles. The maximum Gasteiger partial charge on any atom is 0.337 e. The maximum atomic E-state index is 13.4. The number of furan rings is 1. The highest BCUT2D eigenvalue weighted by atomic mass is 32.1. The number of fused-ring (bicyclic) bond motifs is 1. The van der Waals surface area contributed by atoms with Crippen molar-refractivity contribution in [3.05, 3.63) is 83.3 Å². The minimum absolute atomic E-state index is 0.222. The first kappa shape index (κ1) is 19.8. The van der Waals surface area contributed by atoms with Crippen LogP contribution in [0.3, 0.4) is 0 Å². The zero-order valence-corrected chi connectivity index (χ0v) is 17.4. The summed E-state index contributed by atoms with van der Waals surface area (Å²) in [4.78, 5) is 31.5. The molecule has 152 valence electrons. The fourth-order valence-electron chi connectivity index (χ4n) is 3.20. The van der Waals surface area contributed by atoms with E-state index in [9.17, 15) is 9.59 Å². The van der Waals surface area contributed by atoms with Crippen LogP contribution in [-0.4, -0.2) is 24.0 Å². The molecule has 0 aliphatic rings. The highest BCUT2D eigenvalue weighted by Gasteiger charge is 2.23. The third-order valence-corrected chi connectivity index (χ3v) is 5.84. The van der Waals surface area contributed by atoms with Crippen molar-refractivity contribution in [2.45, 2.75) is 19.9 Å². The second-order valence-corrected chi connectivity index (χ2v) is 7.66. The van der Waals surface area contributed by atoms with Crippen molar-refractivity contribution in [3.8, 4) is 0 Å². The van der Waals surface area contributed by atoms with Crippen LogP contribution in [0, 0.1) is 0 Å². The molecule has 0 unspecified atom stereocenters. The van der Waals surface area contributed by atoms with Gasteiger partial charge in [-0.3, -0.25) is 9.69 Å². The van der Waals surface area contributed by atoms with Crippen molar-refractivity contribution in [2.75, 3.05) is 12.0 Å². The molecule has 6 nitrogen and oxygen atoms in total. The molecule has 0 aliphatic heterocycles. The van der Waals surface area contributed by atoms with Crippen molar-refractivity contribution in [1.29, 1.82) is 0 Å². The monoisotopic (exact) mass is 420 g/mol. The summed E-state index contributed by atoms with van der Waals surface area (Å²) in [6.45, 7) is 2.34. The van der Waals surface area contributed by atoms with Gasteiger partial charge in [0.05, 0.1) is 35.7 Å². The first-order chi connectivity index (χ1) is 14.6. The van der Waals surface area contributed by atoms with Crippen molar-refractivity contribution in [1.82, 2.24) is 4.98 Å². The lowest BCUT2D eigenvalue weighted by atomic mass is 10.1. The SMILES string of the molecule is CCc1cccc2sc(N(Cc3ccco3)C(=O)c3ccc(C(=O)OC)cc3)nc12. The lowest BCUT2D eigenvalue weighted by molar-refractivity contribution is 0.0600. The van der Waals surface area contributed by atoms with E-state index in [1.165, 1.54) is 18.4 Å². The largest absolute Gasteiger partial charge is 0.467 e. The summed E-state index contributed by atoms with van der Waals surface area (Å²) in [5, 5.41) is 0.601. The van der Waals surface area contributed by atoms with Crippen LogP contribution < -0.4 is 4.90 Å². The summed E-state index contributed by atoms with van der Waals surface area (Å²) in [5.41, 5.74) is 2.89. The molecule has 0 bridgehead atoms. The second kappa shape index (κ2) is 8.51. The number of aryl methyl sites for hydroxylation is 1. The standard InChI is InChI=1S/C23H20N2O4S/c1-3-15-6-4-8-19-20(15)24-23(30-19)25(14-18-7-5-13-29-18)21(26)16-9-11-17(12-10-16)22(27)28-2/h4-13H,3,14H2,1-2H3. The number of aromatic nitrogens is 1. The van der Waals surface area contributed by atoms with Crippen molar-refractivity contribution in [2.24, 2.45) is 0 Å². The second-order valence-electron chi connectivity index (χ2n) is 6.65. The molecule has 0 N–H and O–H groups in total. The Morgan fingerprint density at radius 1 is 1.07 bits per heavy atom. The van der Waals surface area contributed by atoms with Crippen LogP contribution in [0.5, 0.6) is 0 Å². The molecule has 0 radical (unpaired) electrons. The number of esters is 1. The number of nitrogens with zero attached hydrogens (tertiary/aromatic N) is 2. The van der Waals surface area contributed by atoms with Gasteiger partial charge in [-0.15, -0.1) is 0 Å². The van der Waals surface area contributed by atoms with E-state index in [4.69, 9.17) is 14.1 Å². The van der Waals surface area contributed by atoms with E-state index in [1.807, 2.05) is 18.2 Å². The molecular formula is C23H20N2O4S. The number of carbonyl (C=O) groups is 2. The number of rotatable bonds is 6. The van der Waals surface area contributed by atoms with Crippen LogP contribution in [0.4, 0.5) is 5.13 Å².